The molecule has 0 radical (unpaired) electrons. The Morgan fingerprint density at radius 1 is 1.26 bits per heavy atom. The van der Waals surface area contributed by atoms with Gasteiger partial charge in [-0.3, -0.25) is 0 Å². The van der Waals surface area contributed by atoms with Crippen LogP contribution in [0, 0.1) is 0 Å². The van der Waals surface area contributed by atoms with E-state index in [0.717, 1.165) is 17.5 Å². The minimum atomic E-state index is -0.288. The van der Waals surface area contributed by atoms with Crippen LogP contribution in [0.25, 0.3) is 0 Å². The van der Waals surface area contributed by atoms with Crippen molar-refractivity contribution in [3.63, 3.8) is 0 Å². The summed E-state index contributed by atoms with van der Waals surface area (Å²) in [5, 5.41) is 14.3. The lowest BCUT2D eigenvalue weighted by atomic mass is 9.92. The lowest BCUT2D eigenvalue weighted by Gasteiger charge is -2.34. The van der Waals surface area contributed by atoms with Gasteiger partial charge in [-0.1, -0.05) is 50.1 Å². The Labute approximate surface area is 121 Å². The molecule has 0 bridgehead atoms. The van der Waals surface area contributed by atoms with Crippen molar-refractivity contribution in [2.24, 2.45) is 0 Å². The van der Waals surface area contributed by atoms with E-state index < -0.39 is 0 Å². The summed E-state index contributed by atoms with van der Waals surface area (Å²) in [5.41, 5.74) is 0.911. The van der Waals surface area contributed by atoms with Gasteiger partial charge in [-0.15, -0.1) is 0 Å². The molecule has 1 atom stereocenters. The summed E-state index contributed by atoms with van der Waals surface area (Å²) in [4.78, 5) is 0. The first-order chi connectivity index (χ1) is 9.30. The molecule has 1 aromatic carbocycles. The number of hydrogen-bond donors (Lipinski definition) is 2. The van der Waals surface area contributed by atoms with Crippen LogP contribution in [0.3, 0.4) is 0 Å². The van der Waals surface area contributed by atoms with Gasteiger partial charge in [0.15, 0.2) is 0 Å². The third-order valence-corrected chi connectivity index (χ3v) is 5.58. The monoisotopic (exact) mass is 279 g/mol. The second-order valence-electron chi connectivity index (χ2n) is 5.35. The molecule has 2 nitrogen and oxygen atoms in total. The second-order valence-corrected chi connectivity index (χ2v) is 6.64. The predicted molar refractivity (Wildman–Crippen MR) is 83.6 cm³/mol. The Kier molecular flexibility index (Phi) is 5.74. The third kappa shape index (κ3) is 3.74. The van der Waals surface area contributed by atoms with E-state index in [1.165, 1.54) is 31.2 Å². The fourth-order valence-electron chi connectivity index (χ4n) is 2.84. The number of aliphatic hydroxyl groups is 1. The Morgan fingerprint density at radius 2 is 1.95 bits per heavy atom. The van der Waals surface area contributed by atoms with Gasteiger partial charge < -0.3 is 10.4 Å². The van der Waals surface area contributed by atoms with Crippen LogP contribution in [-0.4, -0.2) is 29.3 Å². The summed E-state index contributed by atoms with van der Waals surface area (Å²) in [6.07, 6.45) is 5.42. The molecule has 19 heavy (non-hydrogen) atoms. The quantitative estimate of drug-likeness (QED) is 0.804. The van der Waals surface area contributed by atoms with Crippen molar-refractivity contribution < 1.29 is 5.11 Å². The molecule has 0 aromatic heterocycles. The molecule has 106 valence electrons. The molecule has 1 aromatic rings. The van der Waals surface area contributed by atoms with Gasteiger partial charge in [0.05, 0.1) is 12.1 Å². The molecule has 0 spiro atoms. The molecule has 1 unspecified atom stereocenters. The van der Waals surface area contributed by atoms with Crippen molar-refractivity contribution in [2.45, 2.75) is 43.4 Å². The fourth-order valence-corrected chi connectivity index (χ4v) is 4.39. The molecule has 0 aliphatic heterocycles. The van der Waals surface area contributed by atoms with Crippen LogP contribution in [-0.2, 0) is 5.54 Å². The van der Waals surface area contributed by atoms with Crippen LogP contribution < -0.4 is 5.32 Å². The molecule has 1 saturated carbocycles. The van der Waals surface area contributed by atoms with Crippen molar-refractivity contribution >= 4 is 11.8 Å². The lowest BCUT2D eigenvalue weighted by Crippen LogP contribution is -2.48. The molecule has 3 heteroatoms. The zero-order chi connectivity index (χ0) is 13.6. The molecule has 0 amide bonds. The largest absolute Gasteiger partial charge is 0.394 e. The SMILES string of the molecule is CCNC(CO)(CSC1CCCC1)c1ccccc1. The highest BCUT2D eigenvalue weighted by Crippen LogP contribution is 2.34. The first-order valence-electron chi connectivity index (χ1n) is 7.34. The van der Waals surface area contributed by atoms with Crippen molar-refractivity contribution in [3.05, 3.63) is 35.9 Å². The van der Waals surface area contributed by atoms with E-state index in [4.69, 9.17) is 0 Å². The molecule has 1 fully saturated rings. The summed E-state index contributed by atoms with van der Waals surface area (Å²) in [6.45, 7) is 3.14. The maximum atomic E-state index is 9.96. The van der Waals surface area contributed by atoms with Crippen LogP contribution in [0.4, 0.5) is 0 Å². The maximum Gasteiger partial charge on any atom is 0.0760 e. The van der Waals surface area contributed by atoms with Gasteiger partial charge in [-0.05, 0) is 24.9 Å². The van der Waals surface area contributed by atoms with Gasteiger partial charge in [-0.25, -0.2) is 0 Å². The summed E-state index contributed by atoms with van der Waals surface area (Å²) >= 11 is 2.03. The predicted octanol–water partition coefficient (Wildman–Crippen LogP) is 3.16. The van der Waals surface area contributed by atoms with Gasteiger partial charge in [-0.2, -0.15) is 11.8 Å². The van der Waals surface area contributed by atoms with Crippen LogP contribution in [0.1, 0.15) is 38.2 Å². The van der Waals surface area contributed by atoms with Gasteiger partial charge in [0.1, 0.15) is 0 Å². The maximum absolute atomic E-state index is 9.96. The summed E-state index contributed by atoms with van der Waals surface area (Å²) < 4.78 is 0. The van der Waals surface area contributed by atoms with E-state index in [1.807, 2.05) is 17.8 Å². The Morgan fingerprint density at radius 3 is 2.53 bits per heavy atom. The van der Waals surface area contributed by atoms with E-state index in [0.29, 0.717) is 0 Å². The number of thioether (sulfide) groups is 1. The molecule has 0 saturated heterocycles. The van der Waals surface area contributed by atoms with Gasteiger partial charge in [0.2, 0.25) is 0 Å². The van der Waals surface area contributed by atoms with E-state index in [1.54, 1.807) is 0 Å². The summed E-state index contributed by atoms with van der Waals surface area (Å²) in [5.74, 6) is 0.950. The van der Waals surface area contributed by atoms with E-state index in [2.05, 4.69) is 36.5 Å². The van der Waals surface area contributed by atoms with Crippen molar-refractivity contribution in [3.8, 4) is 0 Å². The molecule has 0 heterocycles. The minimum Gasteiger partial charge on any atom is -0.394 e. The van der Waals surface area contributed by atoms with Crippen molar-refractivity contribution in [1.82, 2.24) is 5.32 Å². The Hall–Kier alpha value is -0.510. The molecular weight excluding hydrogens is 254 g/mol. The van der Waals surface area contributed by atoms with Crippen LogP contribution in [0.15, 0.2) is 30.3 Å². The van der Waals surface area contributed by atoms with Crippen LogP contribution in [0.5, 0.6) is 0 Å². The van der Waals surface area contributed by atoms with E-state index in [-0.39, 0.29) is 12.1 Å². The first-order valence-corrected chi connectivity index (χ1v) is 8.38. The third-order valence-electron chi connectivity index (χ3n) is 3.98. The van der Waals surface area contributed by atoms with Crippen LogP contribution in [0.2, 0.25) is 0 Å². The number of hydrogen-bond acceptors (Lipinski definition) is 3. The lowest BCUT2D eigenvalue weighted by molar-refractivity contribution is 0.181. The van der Waals surface area contributed by atoms with Crippen molar-refractivity contribution in [2.75, 3.05) is 18.9 Å². The molecule has 1 aliphatic carbocycles. The minimum absolute atomic E-state index is 0.157. The zero-order valence-corrected chi connectivity index (χ0v) is 12.6. The molecule has 1 aliphatic rings. The average molecular weight is 279 g/mol. The topological polar surface area (TPSA) is 32.3 Å². The highest BCUT2D eigenvalue weighted by Gasteiger charge is 2.32. The van der Waals surface area contributed by atoms with Gasteiger partial charge >= 0.3 is 0 Å². The van der Waals surface area contributed by atoms with Gasteiger partial charge in [0, 0.05) is 11.0 Å². The molecule has 2 rings (SSSR count). The number of likely N-dealkylation sites (N-methyl/N-ethyl adjacent to an activating group) is 1. The Bertz CT molecular complexity index is 364. The molecule has 2 N–H and O–H groups in total. The van der Waals surface area contributed by atoms with Gasteiger partial charge in [0.25, 0.3) is 0 Å². The Balaban J connectivity index is 2.09. The van der Waals surface area contributed by atoms with Crippen molar-refractivity contribution in [1.29, 1.82) is 0 Å². The van der Waals surface area contributed by atoms with Crippen LogP contribution >= 0.6 is 11.8 Å². The highest BCUT2D eigenvalue weighted by molar-refractivity contribution is 7.99. The average Bonchev–Trinajstić information content (AvgIpc) is 2.98. The number of nitrogens with one attached hydrogen (secondary N) is 1. The van der Waals surface area contributed by atoms with E-state index >= 15 is 0 Å². The summed E-state index contributed by atoms with van der Waals surface area (Å²) in [7, 11) is 0. The number of benzene rings is 1. The zero-order valence-electron chi connectivity index (χ0n) is 11.8. The number of rotatable bonds is 7. The molecular formula is C16H25NOS. The summed E-state index contributed by atoms with van der Waals surface area (Å²) in [6, 6.07) is 10.4. The number of aliphatic hydroxyl groups excluding tert-OH is 1. The van der Waals surface area contributed by atoms with E-state index in [9.17, 15) is 5.11 Å². The highest BCUT2D eigenvalue weighted by atomic mass is 32.2. The smallest absolute Gasteiger partial charge is 0.0760 e. The normalized spacial score (nSPS) is 19.5. The second kappa shape index (κ2) is 7.32. The first kappa shape index (κ1) is 14.9. The fraction of sp³-hybridized carbons (Fsp3) is 0.625. The standard InChI is InChI=1S/C16H25NOS/c1-2-17-16(12-18,14-8-4-3-5-9-14)13-19-15-10-6-7-11-15/h3-5,8-9,15,17-18H,2,6-7,10-13H2,1H3.